The number of aromatic nitrogens is 2. The molecule has 1 spiro atoms. The third kappa shape index (κ3) is 2.26. The van der Waals surface area contributed by atoms with Gasteiger partial charge < -0.3 is 9.80 Å². The smallest absolute Gasteiger partial charge is 0.274 e. The molecule has 0 atom stereocenters. The van der Waals surface area contributed by atoms with Gasteiger partial charge in [-0.3, -0.25) is 14.7 Å². The van der Waals surface area contributed by atoms with Crippen molar-refractivity contribution in [2.45, 2.75) is 46.0 Å². The van der Waals surface area contributed by atoms with Crippen molar-refractivity contribution in [1.29, 1.82) is 0 Å². The fourth-order valence-electron chi connectivity index (χ4n) is 4.22. The summed E-state index contributed by atoms with van der Waals surface area (Å²) < 4.78 is 0. The molecule has 1 aliphatic carbocycles. The number of likely N-dealkylation sites (tertiary alicyclic amines) is 2. The Kier molecular flexibility index (Phi) is 3.31. The first kappa shape index (κ1) is 15.7. The summed E-state index contributed by atoms with van der Waals surface area (Å²) in [5.74, 6) is 0.651. The topological polar surface area (TPSA) is 69.3 Å². The Bertz CT molecular complexity index is 675. The van der Waals surface area contributed by atoms with Gasteiger partial charge in [-0.25, -0.2) is 0 Å². The Labute approximate surface area is 142 Å². The average molecular weight is 330 g/mol. The minimum atomic E-state index is -0.108. The highest BCUT2D eigenvalue weighted by Crippen LogP contribution is 2.47. The molecule has 1 N–H and O–H groups in total. The molecule has 3 fully saturated rings. The number of carbonyl (C=O) groups excluding carboxylic acids is 2. The summed E-state index contributed by atoms with van der Waals surface area (Å²) >= 11 is 0. The van der Waals surface area contributed by atoms with Crippen LogP contribution in [-0.2, 0) is 4.79 Å². The quantitative estimate of drug-likeness (QED) is 0.922. The summed E-state index contributed by atoms with van der Waals surface area (Å²) in [5, 5.41) is 7.08. The number of nitrogens with zero attached hydrogens (tertiary/aromatic N) is 3. The minimum absolute atomic E-state index is 0.000457. The summed E-state index contributed by atoms with van der Waals surface area (Å²) in [5.41, 5.74) is 1.52. The van der Waals surface area contributed by atoms with Gasteiger partial charge in [0.1, 0.15) is 5.69 Å². The second-order valence-corrected chi connectivity index (χ2v) is 8.60. The molecule has 1 saturated carbocycles. The van der Waals surface area contributed by atoms with Gasteiger partial charge >= 0.3 is 0 Å². The summed E-state index contributed by atoms with van der Waals surface area (Å²) in [4.78, 5) is 28.8. The molecule has 2 saturated heterocycles. The molecule has 2 amide bonds. The molecular formula is C18H26N4O2. The molecule has 0 bridgehead atoms. The Hall–Kier alpha value is -1.85. The van der Waals surface area contributed by atoms with Crippen molar-refractivity contribution in [1.82, 2.24) is 20.0 Å². The molecule has 0 radical (unpaired) electrons. The predicted molar refractivity (Wildman–Crippen MR) is 89.6 cm³/mol. The molecule has 1 aromatic rings. The van der Waals surface area contributed by atoms with Gasteiger partial charge in [0, 0.05) is 42.7 Å². The van der Waals surface area contributed by atoms with Crippen molar-refractivity contribution in [3.05, 3.63) is 17.5 Å². The molecule has 4 rings (SSSR count). The molecule has 0 aromatic carbocycles. The monoisotopic (exact) mass is 330 g/mol. The number of hydrogen-bond donors (Lipinski definition) is 1. The number of amides is 2. The fourth-order valence-corrected chi connectivity index (χ4v) is 4.22. The summed E-state index contributed by atoms with van der Waals surface area (Å²) in [6.45, 7) is 9.34. The Morgan fingerprint density at radius 2 is 1.79 bits per heavy atom. The van der Waals surface area contributed by atoms with E-state index >= 15 is 0 Å². The molecule has 3 aliphatic rings. The van der Waals surface area contributed by atoms with E-state index in [1.165, 1.54) is 6.42 Å². The zero-order valence-corrected chi connectivity index (χ0v) is 14.8. The van der Waals surface area contributed by atoms with Crippen molar-refractivity contribution in [2.75, 3.05) is 26.2 Å². The van der Waals surface area contributed by atoms with E-state index in [1.807, 2.05) is 15.9 Å². The first-order chi connectivity index (χ1) is 11.3. The van der Waals surface area contributed by atoms with Crippen LogP contribution in [0.5, 0.6) is 0 Å². The number of hydrogen-bond acceptors (Lipinski definition) is 3. The molecule has 0 unspecified atom stereocenters. The molecule has 6 heteroatoms. The molecule has 130 valence electrons. The SMILES string of the molecule is CC(C)c1cc(C(=O)N2CC3(C2)CN(C(=O)C2(C)CCC2)C3)n[nH]1. The number of nitrogens with one attached hydrogen (secondary N) is 1. The summed E-state index contributed by atoms with van der Waals surface area (Å²) in [6, 6.07) is 1.85. The molecule has 1 aromatic heterocycles. The summed E-state index contributed by atoms with van der Waals surface area (Å²) in [6.07, 6.45) is 3.22. The maximum Gasteiger partial charge on any atom is 0.274 e. The Morgan fingerprint density at radius 1 is 1.17 bits per heavy atom. The molecule has 24 heavy (non-hydrogen) atoms. The van der Waals surface area contributed by atoms with Crippen LogP contribution in [0.2, 0.25) is 0 Å². The number of rotatable bonds is 3. The van der Waals surface area contributed by atoms with Crippen molar-refractivity contribution in [2.24, 2.45) is 10.8 Å². The van der Waals surface area contributed by atoms with Crippen LogP contribution in [-0.4, -0.2) is 58.0 Å². The van der Waals surface area contributed by atoms with Crippen LogP contribution in [0.25, 0.3) is 0 Å². The molecular weight excluding hydrogens is 304 g/mol. The van der Waals surface area contributed by atoms with Crippen LogP contribution < -0.4 is 0 Å². The van der Waals surface area contributed by atoms with Gasteiger partial charge in [0.25, 0.3) is 5.91 Å². The summed E-state index contributed by atoms with van der Waals surface area (Å²) in [7, 11) is 0. The number of aromatic amines is 1. The van der Waals surface area contributed by atoms with Gasteiger partial charge in [0.15, 0.2) is 0 Å². The first-order valence-electron chi connectivity index (χ1n) is 8.96. The third-order valence-electron chi connectivity index (χ3n) is 6.09. The number of carbonyl (C=O) groups is 2. The van der Waals surface area contributed by atoms with E-state index in [0.717, 1.165) is 44.7 Å². The maximum atomic E-state index is 12.5. The minimum Gasteiger partial charge on any atom is -0.341 e. The van der Waals surface area contributed by atoms with Crippen molar-refractivity contribution in [3.63, 3.8) is 0 Å². The largest absolute Gasteiger partial charge is 0.341 e. The maximum absolute atomic E-state index is 12.5. The van der Waals surface area contributed by atoms with Crippen molar-refractivity contribution in [3.8, 4) is 0 Å². The molecule has 6 nitrogen and oxygen atoms in total. The highest BCUT2D eigenvalue weighted by Gasteiger charge is 2.57. The van der Waals surface area contributed by atoms with E-state index in [1.54, 1.807) is 0 Å². The van der Waals surface area contributed by atoms with Crippen LogP contribution in [0.4, 0.5) is 0 Å². The lowest BCUT2D eigenvalue weighted by Gasteiger charge is -2.61. The molecule has 3 heterocycles. The first-order valence-corrected chi connectivity index (χ1v) is 8.96. The third-order valence-corrected chi connectivity index (χ3v) is 6.09. The van der Waals surface area contributed by atoms with Crippen LogP contribution in [0.3, 0.4) is 0 Å². The van der Waals surface area contributed by atoms with Crippen LogP contribution in [0.15, 0.2) is 6.07 Å². The van der Waals surface area contributed by atoms with Crippen LogP contribution in [0.1, 0.15) is 62.1 Å². The zero-order chi connectivity index (χ0) is 17.1. The number of H-pyrrole nitrogens is 1. The van der Waals surface area contributed by atoms with E-state index in [4.69, 9.17) is 0 Å². The Morgan fingerprint density at radius 3 is 2.29 bits per heavy atom. The van der Waals surface area contributed by atoms with Gasteiger partial charge in [-0.05, 0) is 24.8 Å². The van der Waals surface area contributed by atoms with Crippen molar-refractivity contribution < 1.29 is 9.59 Å². The predicted octanol–water partition coefficient (Wildman–Crippen LogP) is 2.01. The van der Waals surface area contributed by atoms with Crippen LogP contribution >= 0.6 is 0 Å². The van der Waals surface area contributed by atoms with Gasteiger partial charge in [-0.2, -0.15) is 5.10 Å². The standard InChI is InChI=1S/C18H26N4O2/c1-12(2)13-7-14(20-19-13)15(23)21-8-18(9-21)10-22(11-18)16(24)17(3)5-4-6-17/h7,12H,4-6,8-11H2,1-3H3,(H,19,20). The van der Waals surface area contributed by atoms with Gasteiger partial charge in [0.05, 0.1) is 0 Å². The lowest BCUT2D eigenvalue weighted by Crippen LogP contribution is -2.74. The van der Waals surface area contributed by atoms with Gasteiger partial charge in [-0.1, -0.05) is 27.2 Å². The normalized spacial score (nSPS) is 23.7. The molecule has 2 aliphatic heterocycles. The van der Waals surface area contributed by atoms with E-state index in [9.17, 15) is 9.59 Å². The van der Waals surface area contributed by atoms with E-state index in [0.29, 0.717) is 17.5 Å². The highest BCUT2D eigenvalue weighted by atomic mass is 16.2. The highest BCUT2D eigenvalue weighted by molar-refractivity contribution is 5.93. The fraction of sp³-hybridized carbons (Fsp3) is 0.722. The van der Waals surface area contributed by atoms with Crippen molar-refractivity contribution >= 4 is 11.8 Å². The van der Waals surface area contributed by atoms with E-state index < -0.39 is 0 Å². The Balaban J connectivity index is 1.31. The average Bonchev–Trinajstić information content (AvgIpc) is 2.91. The van der Waals surface area contributed by atoms with Gasteiger partial charge in [0.2, 0.25) is 5.91 Å². The lowest BCUT2D eigenvalue weighted by atomic mass is 9.66. The lowest BCUT2D eigenvalue weighted by molar-refractivity contribution is -0.168. The van der Waals surface area contributed by atoms with Gasteiger partial charge in [-0.15, -0.1) is 0 Å². The van der Waals surface area contributed by atoms with Crippen LogP contribution in [0, 0.1) is 10.8 Å². The second kappa shape index (κ2) is 5.07. The van der Waals surface area contributed by atoms with E-state index in [-0.39, 0.29) is 16.7 Å². The van der Waals surface area contributed by atoms with E-state index in [2.05, 4.69) is 31.0 Å². The second-order valence-electron chi connectivity index (χ2n) is 8.60. The zero-order valence-electron chi connectivity index (χ0n) is 14.8.